The number of benzene rings is 1. The van der Waals surface area contributed by atoms with Crippen molar-refractivity contribution in [2.45, 2.75) is 78.7 Å². The number of imidazole rings is 1. The average molecular weight is 546 g/mol. The van der Waals surface area contributed by atoms with Gasteiger partial charge >= 0.3 is 5.69 Å². The van der Waals surface area contributed by atoms with Gasteiger partial charge in [-0.1, -0.05) is 65.0 Å². The number of H-pyrrole nitrogens is 1. The Kier molecular flexibility index (Phi) is 7.27. The lowest BCUT2D eigenvalue weighted by Crippen LogP contribution is -2.48. The van der Waals surface area contributed by atoms with Gasteiger partial charge in [0.1, 0.15) is 5.01 Å². The predicted octanol–water partition coefficient (Wildman–Crippen LogP) is 5.99. The van der Waals surface area contributed by atoms with Gasteiger partial charge in [0.25, 0.3) is 0 Å². The van der Waals surface area contributed by atoms with Crippen molar-refractivity contribution in [3.63, 3.8) is 0 Å². The van der Waals surface area contributed by atoms with E-state index in [4.69, 9.17) is 9.97 Å². The number of fused-ring (bicyclic) bond motifs is 1. The second-order valence-electron chi connectivity index (χ2n) is 12.9. The Morgan fingerprint density at radius 3 is 2.67 bits per heavy atom. The van der Waals surface area contributed by atoms with Gasteiger partial charge < -0.3 is 10.3 Å². The van der Waals surface area contributed by atoms with Crippen LogP contribution in [-0.2, 0) is 24.7 Å². The summed E-state index contributed by atoms with van der Waals surface area (Å²) in [5, 5.41) is 6.26. The Bertz CT molecular complexity index is 1540. The van der Waals surface area contributed by atoms with E-state index in [-0.39, 0.29) is 40.8 Å². The predicted molar refractivity (Wildman–Crippen MR) is 158 cm³/mol. The number of aromatic nitrogens is 4. The van der Waals surface area contributed by atoms with Crippen LogP contribution in [0.2, 0.25) is 0 Å². The van der Waals surface area contributed by atoms with Gasteiger partial charge in [-0.3, -0.25) is 9.36 Å². The fraction of sp³-hybridized carbons (Fsp3) is 0.484. The molecule has 4 aromatic rings. The Morgan fingerprint density at radius 2 is 1.95 bits per heavy atom. The van der Waals surface area contributed by atoms with Crippen molar-refractivity contribution in [1.82, 2.24) is 24.8 Å². The summed E-state index contributed by atoms with van der Waals surface area (Å²) in [5.74, 6) is 0.212. The van der Waals surface area contributed by atoms with Crippen LogP contribution >= 0.6 is 11.3 Å². The Labute approximate surface area is 234 Å². The molecule has 1 aliphatic rings. The zero-order valence-corrected chi connectivity index (χ0v) is 24.6. The summed E-state index contributed by atoms with van der Waals surface area (Å²) < 4.78 is 1.61. The zero-order chi connectivity index (χ0) is 27.9. The molecule has 0 spiro atoms. The van der Waals surface area contributed by atoms with E-state index in [0.29, 0.717) is 5.65 Å². The van der Waals surface area contributed by atoms with Crippen LogP contribution in [0, 0.1) is 10.8 Å². The Hall–Kier alpha value is -3.26. The van der Waals surface area contributed by atoms with Crippen LogP contribution in [-0.4, -0.2) is 31.5 Å². The monoisotopic (exact) mass is 545 g/mol. The van der Waals surface area contributed by atoms with E-state index < -0.39 is 0 Å². The number of thiazole rings is 1. The highest BCUT2D eigenvalue weighted by Gasteiger charge is 2.38. The van der Waals surface area contributed by atoms with Crippen molar-refractivity contribution in [3.05, 3.63) is 69.2 Å². The lowest BCUT2D eigenvalue weighted by Gasteiger charge is -2.42. The molecule has 0 aliphatic heterocycles. The quantitative estimate of drug-likeness (QED) is 0.311. The molecule has 1 aromatic carbocycles. The molecule has 0 bridgehead atoms. The summed E-state index contributed by atoms with van der Waals surface area (Å²) in [6.45, 7) is 11.1. The van der Waals surface area contributed by atoms with E-state index in [1.54, 1.807) is 23.0 Å². The van der Waals surface area contributed by atoms with E-state index >= 15 is 0 Å². The highest BCUT2D eigenvalue weighted by Crippen LogP contribution is 2.43. The number of pyridine rings is 1. The van der Waals surface area contributed by atoms with Crippen molar-refractivity contribution in [3.8, 4) is 10.6 Å². The molecule has 3 heterocycles. The standard InChI is InChI=1S/C31H39N5O2S/c1-30(2,3)17-21-14-23(33-27-26(21)35-29(38)36(27)6)20-12-13-31(4,5)24(15-20)34-25(37)16-22-18-39-28(32-22)19-10-8-7-9-11-19/h7-11,14,18,20,24H,12-13,15-17H2,1-6H3,(H,34,37)(H,35,38). The Morgan fingerprint density at radius 1 is 1.21 bits per heavy atom. The summed E-state index contributed by atoms with van der Waals surface area (Å²) in [6.07, 6.45) is 3.91. The number of carbonyl (C=O) groups is 1. The molecule has 1 aliphatic carbocycles. The van der Waals surface area contributed by atoms with Gasteiger partial charge in [-0.05, 0) is 48.1 Å². The van der Waals surface area contributed by atoms with Crippen LogP contribution in [0.4, 0.5) is 0 Å². The topological polar surface area (TPSA) is 92.7 Å². The van der Waals surface area contributed by atoms with E-state index in [9.17, 15) is 9.59 Å². The second kappa shape index (κ2) is 10.4. The number of hydrogen-bond acceptors (Lipinski definition) is 5. The lowest BCUT2D eigenvalue weighted by molar-refractivity contribution is -0.122. The van der Waals surface area contributed by atoms with Crippen LogP contribution < -0.4 is 11.0 Å². The van der Waals surface area contributed by atoms with Gasteiger partial charge in [0.15, 0.2) is 5.65 Å². The first kappa shape index (κ1) is 27.3. The first-order valence-corrected chi connectivity index (χ1v) is 14.7. The molecule has 0 radical (unpaired) electrons. The average Bonchev–Trinajstić information content (AvgIpc) is 3.44. The van der Waals surface area contributed by atoms with E-state index in [1.807, 2.05) is 35.7 Å². The van der Waals surface area contributed by atoms with E-state index in [2.05, 4.69) is 51.0 Å². The maximum absolute atomic E-state index is 13.2. The molecule has 39 heavy (non-hydrogen) atoms. The molecule has 3 aromatic heterocycles. The van der Waals surface area contributed by atoms with E-state index in [0.717, 1.165) is 58.7 Å². The number of rotatable bonds is 6. The molecule has 0 saturated heterocycles. The largest absolute Gasteiger partial charge is 0.352 e. The molecular formula is C31H39N5O2S. The number of carbonyl (C=O) groups excluding carboxylic acids is 1. The third kappa shape index (κ3) is 6.01. The molecule has 1 amide bonds. The molecular weight excluding hydrogens is 506 g/mol. The molecule has 2 atom stereocenters. The van der Waals surface area contributed by atoms with Gasteiger partial charge in [0.05, 0.1) is 17.6 Å². The molecule has 5 rings (SSSR count). The van der Waals surface area contributed by atoms with Crippen LogP contribution in [0.5, 0.6) is 0 Å². The fourth-order valence-corrected chi connectivity index (χ4v) is 6.49. The fourth-order valence-electron chi connectivity index (χ4n) is 5.67. The maximum atomic E-state index is 13.2. The first-order valence-electron chi connectivity index (χ1n) is 13.8. The minimum atomic E-state index is -0.141. The molecule has 7 nitrogen and oxygen atoms in total. The minimum absolute atomic E-state index is 0.00324. The third-order valence-electron chi connectivity index (χ3n) is 7.95. The van der Waals surface area contributed by atoms with Crippen LogP contribution in [0.1, 0.15) is 76.8 Å². The number of nitrogens with one attached hydrogen (secondary N) is 2. The number of hydrogen-bond donors (Lipinski definition) is 2. The Balaban J connectivity index is 1.35. The second-order valence-corrected chi connectivity index (χ2v) is 13.8. The van der Waals surface area contributed by atoms with Crippen molar-refractivity contribution in [2.24, 2.45) is 17.9 Å². The number of nitrogens with zero attached hydrogens (tertiary/aromatic N) is 3. The highest BCUT2D eigenvalue weighted by molar-refractivity contribution is 7.13. The van der Waals surface area contributed by atoms with Gasteiger partial charge in [-0.2, -0.15) is 0 Å². The van der Waals surface area contributed by atoms with E-state index in [1.165, 1.54) is 0 Å². The number of amides is 1. The van der Waals surface area contributed by atoms with Crippen LogP contribution in [0.15, 0.2) is 46.6 Å². The highest BCUT2D eigenvalue weighted by atomic mass is 32.1. The van der Waals surface area contributed by atoms with Crippen LogP contribution in [0.3, 0.4) is 0 Å². The van der Waals surface area contributed by atoms with Gasteiger partial charge in [0.2, 0.25) is 5.91 Å². The first-order chi connectivity index (χ1) is 18.4. The molecule has 2 unspecified atom stereocenters. The maximum Gasteiger partial charge on any atom is 0.327 e. The lowest BCUT2D eigenvalue weighted by atomic mass is 9.68. The minimum Gasteiger partial charge on any atom is -0.352 e. The SMILES string of the molecule is Cn1c(=O)[nH]c2c(CC(C)(C)C)cc(C3CCC(C)(C)C(NC(=O)Cc4csc(-c5ccccc5)n4)C3)nc21. The summed E-state index contributed by atoms with van der Waals surface area (Å²) in [5.41, 5.74) is 5.45. The third-order valence-corrected chi connectivity index (χ3v) is 8.89. The van der Waals surface area contributed by atoms with Gasteiger partial charge in [-0.15, -0.1) is 11.3 Å². The van der Waals surface area contributed by atoms with Gasteiger partial charge in [-0.25, -0.2) is 14.8 Å². The molecule has 1 saturated carbocycles. The molecule has 1 fully saturated rings. The smallest absolute Gasteiger partial charge is 0.327 e. The summed E-state index contributed by atoms with van der Waals surface area (Å²) in [6, 6.07) is 12.3. The van der Waals surface area contributed by atoms with Crippen LogP contribution in [0.25, 0.3) is 21.7 Å². The van der Waals surface area contributed by atoms with Crippen molar-refractivity contribution >= 4 is 28.4 Å². The van der Waals surface area contributed by atoms with Crippen molar-refractivity contribution in [1.29, 1.82) is 0 Å². The molecule has 8 heteroatoms. The molecule has 206 valence electrons. The number of aryl methyl sites for hydroxylation is 1. The normalized spacial score (nSPS) is 19.3. The summed E-state index contributed by atoms with van der Waals surface area (Å²) >= 11 is 1.57. The van der Waals surface area contributed by atoms with Crippen molar-refractivity contribution < 1.29 is 4.79 Å². The zero-order valence-electron chi connectivity index (χ0n) is 23.8. The summed E-state index contributed by atoms with van der Waals surface area (Å²) in [7, 11) is 1.77. The number of aromatic amines is 1. The molecule has 2 N–H and O–H groups in total. The van der Waals surface area contributed by atoms with Crippen molar-refractivity contribution in [2.75, 3.05) is 0 Å². The van der Waals surface area contributed by atoms with Gasteiger partial charge in [0, 0.05) is 35.6 Å². The summed E-state index contributed by atoms with van der Waals surface area (Å²) in [4.78, 5) is 38.3.